The first-order valence-corrected chi connectivity index (χ1v) is 13.0. The molecular formula is C28H27F6N5O5. The number of amides is 1. The van der Waals surface area contributed by atoms with Crippen LogP contribution in [-0.4, -0.2) is 73.4 Å². The molecule has 0 radical (unpaired) electrons. The number of rotatable bonds is 3. The van der Waals surface area contributed by atoms with E-state index in [9.17, 15) is 31.1 Å². The van der Waals surface area contributed by atoms with E-state index in [1.165, 1.54) is 11.1 Å². The molecule has 16 heteroatoms. The molecular weight excluding hydrogens is 600 g/mol. The zero-order valence-corrected chi connectivity index (χ0v) is 22.9. The highest BCUT2D eigenvalue weighted by Crippen LogP contribution is 2.41. The fourth-order valence-corrected chi connectivity index (χ4v) is 4.76. The number of piperidine rings is 1. The number of hydrogen-bond donors (Lipinski definition) is 2. The first kappa shape index (κ1) is 33.7. The normalized spacial score (nSPS) is 16.0. The Bertz CT molecular complexity index is 1390. The predicted octanol–water partition coefficient (Wildman–Crippen LogP) is 4.51. The maximum Gasteiger partial charge on any atom is 0.490 e. The zero-order valence-electron chi connectivity index (χ0n) is 22.9. The molecule has 1 amide bonds. The number of carboxylic acid groups (broad SMARTS) is 2. The second-order valence-electron chi connectivity index (χ2n) is 9.89. The fraction of sp³-hybridized carbons (Fsp3) is 0.357. The van der Waals surface area contributed by atoms with E-state index in [0.29, 0.717) is 13.1 Å². The quantitative estimate of drug-likeness (QED) is 0.402. The number of aliphatic carboxylic acids is 2. The molecule has 10 nitrogen and oxygen atoms in total. The topological polar surface area (TPSA) is 137 Å². The number of pyridine rings is 1. The Labute approximate surface area is 247 Å². The van der Waals surface area contributed by atoms with Gasteiger partial charge in [-0.2, -0.15) is 26.3 Å². The van der Waals surface area contributed by atoms with Crippen LogP contribution < -0.4 is 4.90 Å². The van der Waals surface area contributed by atoms with Crippen molar-refractivity contribution < 1.29 is 50.9 Å². The summed E-state index contributed by atoms with van der Waals surface area (Å²) in [4.78, 5) is 48.9. The highest BCUT2D eigenvalue weighted by Gasteiger charge is 2.46. The van der Waals surface area contributed by atoms with Crippen LogP contribution in [0.1, 0.15) is 29.5 Å². The van der Waals surface area contributed by atoms with Crippen LogP contribution in [0.4, 0.5) is 32.3 Å². The van der Waals surface area contributed by atoms with Crippen molar-refractivity contribution in [1.82, 2.24) is 19.9 Å². The maximum absolute atomic E-state index is 13.9. The SMILES string of the molecule is O=C(O)C(F)(F)F.O=C(O)C(F)(F)F.O=C1N(Cc2cccnc2)Cc2ccccc2CC12CCN(c1ncccn1)CC2. The largest absolute Gasteiger partial charge is 0.490 e. The number of hydrogen-bond acceptors (Lipinski definition) is 7. The first-order chi connectivity index (χ1) is 20.6. The van der Waals surface area contributed by atoms with Crippen molar-refractivity contribution in [2.75, 3.05) is 18.0 Å². The van der Waals surface area contributed by atoms with E-state index >= 15 is 0 Å². The highest BCUT2D eigenvalue weighted by atomic mass is 19.4. The lowest BCUT2D eigenvalue weighted by molar-refractivity contribution is -0.193. The van der Waals surface area contributed by atoms with Gasteiger partial charge in [0.05, 0.1) is 5.41 Å². The van der Waals surface area contributed by atoms with E-state index in [-0.39, 0.29) is 11.3 Å². The summed E-state index contributed by atoms with van der Waals surface area (Å²) in [6.07, 6.45) is -0.582. The molecule has 1 aromatic carbocycles. The molecule has 0 aliphatic carbocycles. The van der Waals surface area contributed by atoms with Gasteiger partial charge in [0.15, 0.2) is 0 Å². The Morgan fingerprint density at radius 1 is 0.818 bits per heavy atom. The molecule has 0 unspecified atom stereocenters. The molecule has 0 bridgehead atoms. The molecule has 236 valence electrons. The van der Waals surface area contributed by atoms with Gasteiger partial charge in [0.2, 0.25) is 11.9 Å². The van der Waals surface area contributed by atoms with Crippen LogP contribution in [0, 0.1) is 5.41 Å². The molecule has 2 aliphatic heterocycles. The summed E-state index contributed by atoms with van der Waals surface area (Å²) in [5, 5.41) is 14.2. The van der Waals surface area contributed by atoms with Gasteiger partial charge in [0.1, 0.15) is 0 Å². The molecule has 2 aromatic heterocycles. The van der Waals surface area contributed by atoms with E-state index in [0.717, 1.165) is 43.9 Å². The lowest BCUT2D eigenvalue weighted by Gasteiger charge is -2.42. The van der Waals surface area contributed by atoms with Crippen LogP contribution in [0.5, 0.6) is 0 Å². The minimum atomic E-state index is -5.08. The molecule has 1 saturated heterocycles. The average molecular weight is 628 g/mol. The van der Waals surface area contributed by atoms with Gasteiger partial charge in [-0.15, -0.1) is 0 Å². The van der Waals surface area contributed by atoms with Gasteiger partial charge in [0.25, 0.3) is 0 Å². The molecule has 0 atom stereocenters. The molecule has 0 saturated carbocycles. The monoisotopic (exact) mass is 627 g/mol. The molecule has 1 fully saturated rings. The van der Waals surface area contributed by atoms with E-state index < -0.39 is 24.3 Å². The van der Waals surface area contributed by atoms with Crippen LogP contribution in [0.25, 0.3) is 0 Å². The standard InChI is InChI=1S/C24H25N5O.2C2HF3O2/c30-22-24(8-13-28(14-9-24)23-26-11-4-12-27-23)15-20-6-1-2-7-21(20)18-29(22)17-19-5-3-10-25-16-19;2*3-2(4,5)1(6)7/h1-7,10-12,16H,8-9,13-15,17-18H2;2*(H,6,7). The number of carboxylic acids is 2. The van der Waals surface area contributed by atoms with Crippen LogP contribution >= 0.6 is 0 Å². The van der Waals surface area contributed by atoms with Crippen LogP contribution in [0.3, 0.4) is 0 Å². The van der Waals surface area contributed by atoms with Gasteiger partial charge in [-0.1, -0.05) is 30.3 Å². The number of anilines is 1. The van der Waals surface area contributed by atoms with E-state index in [1.54, 1.807) is 18.6 Å². The Hall–Kier alpha value is -4.76. The van der Waals surface area contributed by atoms with Crippen molar-refractivity contribution in [3.05, 3.63) is 83.9 Å². The van der Waals surface area contributed by atoms with Gasteiger partial charge >= 0.3 is 24.3 Å². The smallest absolute Gasteiger partial charge is 0.475 e. The third kappa shape index (κ3) is 9.12. The van der Waals surface area contributed by atoms with Crippen molar-refractivity contribution in [2.45, 2.75) is 44.7 Å². The number of alkyl halides is 6. The van der Waals surface area contributed by atoms with E-state index in [1.807, 2.05) is 29.3 Å². The molecule has 3 aromatic rings. The lowest BCUT2D eigenvalue weighted by Crippen LogP contribution is -2.50. The maximum atomic E-state index is 13.9. The van der Waals surface area contributed by atoms with Crippen molar-refractivity contribution in [1.29, 1.82) is 0 Å². The van der Waals surface area contributed by atoms with Crippen molar-refractivity contribution >= 4 is 23.8 Å². The van der Waals surface area contributed by atoms with Crippen LogP contribution in [-0.2, 0) is 33.9 Å². The molecule has 4 heterocycles. The van der Waals surface area contributed by atoms with Crippen LogP contribution in [0.15, 0.2) is 67.3 Å². The van der Waals surface area contributed by atoms with Gasteiger partial charge < -0.3 is 20.0 Å². The molecule has 2 N–H and O–H groups in total. The molecule has 5 rings (SSSR count). The van der Waals surface area contributed by atoms with Gasteiger partial charge in [-0.25, -0.2) is 19.6 Å². The zero-order chi connectivity index (χ0) is 32.5. The first-order valence-electron chi connectivity index (χ1n) is 13.0. The van der Waals surface area contributed by atoms with Gasteiger partial charge in [0, 0.05) is 51.0 Å². The number of aromatic nitrogens is 3. The Morgan fingerprint density at radius 2 is 1.36 bits per heavy atom. The van der Waals surface area contributed by atoms with Gasteiger partial charge in [-0.05, 0) is 48.1 Å². The van der Waals surface area contributed by atoms with Crippen LogP contribution in [0.2, 0.25) is 0 Å². The van der Waals surface area contributed by atoms with Crippen molar-refractivity contribution in [3.8, 4) is 0 Å². The average Bonchev–Trinajstić information content (AvgIpc) is 3.08. The minimum Gasteiger partial charge on any atom is -0.475 e. The Morgan fingerprint density at radius 3 is 1.86 bits per heavy atom. The number of carbonyl (C=O) groups excluding carboxylic acids is 1. The van der Waals surface area contributed by atoms with E-state index in [2.05, 4.69) is 44.1 Å². The Balaban J connectivity index is 0.000000317. The summed E-state index contributed by atoms with van der Waals surface area (Å²) < 4.78 is 63.5. The van der Waals surface area contributed by atoms with E-state index in [4.69, 9.17) is 19.8 Å². The fourth-order valence-electron chi connectivity index (χ4n) is 4.76. The summed E-state index contributed by atoms with van der Waals surface area (Å²) in [7, 11) is 0. The Kier molecular flexibility index (Phi) is 10.8. The lowest BCUT2D eigenvalue weighted by atomic mass is 9.73. The number of halogens is 6. The summed E-state index contributed by atoms with van der Waals surface area (Å²) >= 11 is 0. The number of carbonyl (C=O) groups is 3. The molecule has 1 spiro atoms. The third-order valence-corrected chi connectivity index (χ3v) is 6.89. The van der Waals surface area contributed by atoms with Crippen molar-refractivity contribution in [3.63, 3.8) is 0 Å². The third-order valence-electron chi connectivity index (χ3n) is 6.89. The molecule has 2 aliphatic rings. The molecule has 44 heavy (non-hydrogen) atoms. The summed E-state index contributed by atoms with van der Waals surface area (Å²) in [5.74, 6) is -4.50. The highest BCUT2D eigenvalue weighted by molar-refractivity contribution is 5.84. The number of benzene rings is 1. The summed E-state index contributed by atoms with van der Waals surface area (Å²) in [6.45, 7) is 2.82. The minimum absolute atomic E-state index is 0.260. The summed E-state index contributed by atoms with van der Waals surface area (Å²) in [5.41, 5.74) is 3.24. The summed E-state index contributed by atoms with van der Waals surface area (Å²) in [6, 6.07) is 14.3. The second kappa shape index (κ2) is 14.1. The number of fused-ring (bicyclic) bond motifs is 1. The number of nitrogens with zero attached hydrogens (tertiary/aromatic N) is 5. The second-order valence-corrected chi connectivity index (χ2v) is 9.89. The van der Waals surface area contributed by atoms with Gasteiger partial charge in [-0.3, -0.25) is 9.78 Å². The predicted molar refractivity (Wildman–Crippen MR) is 142 cm³/mol. The van der Waals surface area contributed by atoms with Crippen molar-refractivity contribution in [2.24, 2.45) is 5.41 Å².